The minimum atomic E-state index is -0.212. The second-order valence-corrected chi connectivity index (χ2v) is 3.70. The van der Waals surface area contributed by atoms with Gasteiger partial charge in [-0.2, -0.15) is 5.10 Å². The Bertz CT molecular complexity index is 359. The molecule has 2 rings (SSSR count). The first-order valence-corrected chi connectivity index (χ1v) is 5.15. The van der Waals surface area contributed by atoms with Gasteiger partial charge < -0.3 is 21.1 Å². The second kappa shape index (κ2) is 4.84. The van der Waals surface area contributed by atoms with E-state index in [1.807, 2.05) is 0 Å². The second-order valence-electron chi connectivity index (χ2n) is 3.70. The number of anilines is 1. The molecular formula is C9H15N5O2. The highest BCUT2D eigenvalue weighted by molar-refractivity contribution is 5.74. The molecule has 1 aliphatic rings. The topological polar surface area (TPSA) is 105 Å². The first kappa shape index (κ1) is 10.7. The van der Waals surface area contributed by atoms with Crippen LogP contribution in [-0.2, 0) is 11.3 Å². The number of ether oxygens (including phenoxy) is 1. The number of carbonyl (C=O) groups excluding carboxylic acids is 1. The molecular weight excluding hydrogens is 210 g/mol. The van der Waals surface area contributed by atoms with Crippen molar-refractivity contribution in [3.05, 3.63) is 11.8 Å². The smallest absolute Gasteiger partial charge is 0.315 e. The van der Waals surface area contributed by atoms with Crippen molar-refractivity contribution in [3.63, 3.8) is 0 Å². The van der Waals surface area contributed by atoms with E-state index in [2.05, 4.69) is 20.8 Å². The van der Waals surface area contributed by atoms with Gasteiger partial charge in [-0.25, -0.2) is 4.79 Å². The molecule has 0 aliphatic carbocycles. The molecule has 88 valence electrons. The monoisotopic (exact) mass is 225 g/mol. The summed E-state index contributed by atoms with van der Waals surface area (Å²) in [6, 6.07) is -0.0993. The summed E-state index contributed by atoms with van der Waals surface area (Å²) in [5.41, 5.74) is 6.36. The number of urea groups is 1. The standard InChI is InChI=1S/C9H15N5O2/c10-8-6(4-12-14-8)3-11-9(15)13-7-1-2-16-5-7/h4,7H,1-3,5H2,(H3,10,12,14)(H2,11,13,15). The fraction of sp³-hybridized carbons (Fsp3) is 0.556. The number of aromatic amines is 1. The molecule has 5 N–H and O–H groups in total. The van der Waals surface area contributed by atoms with E-state index in [1.54, 1.807) is 6.20 Å². The summed E-state index contributed by atoms with van der Waals surface area (Å²) < 4.78 is 5.15. The molecule has 0 saturated carbocycles. The maximum Gasteiger partial charge on any atom is 0.315 e. The number of rotatable bonds is 3. The number of nitrogens with zero attached hydrogens (tertiary/aromatic N) is 1. The minimum Gasteiger partial charge on any atom is -0.384 e. The van der Waals surface area contributed by atoms with Crippen LogP contribution >= 0.6 is 0 Å². The summed E-state index contributed by atoms with van der Waals surface area (Å²) in [5.74, 6) is 0.476. The molecule has 2 heterocycles. The van der Waals surface area contributed by atoms with Crippen molar-refractivity contribution in [2.24, 2.45) is 0 Å². The molecule has 1 unspecified atom stereocenters. The van der Waals surface area contributed by atoms with Gasteiger partial charge in [0.05, 0.1) is 18.8 Å². The Morgan fingerprint density at radius 1 is 1.75 bits per heavy atom. The summed E-state index contributed by atoms with van der Waals surface area (Å²) in [6.07, 6.45) is 2.45. The van der Waals surface area contributed by atoms with E-state index >= 15 is 0 Å². The van der Waals surface area contributed by atoms with E-state index in [-0.39, 0.29) is 12.1 Å². The lowest BCUT2D eigenvalue weighted by molar-refractivity contribution is 0.188. The van der Waals surface area contributed by atoms with Crippen molar-refractivity contribution < 1.29 is 9.53 Å². The lowest BCUT2D eigenvalue weighted by Crippen LogP contribution is -2.42. The maximum atomic E-state index is 11.5. The summed E-state index contributed by atoms with van der Waals surface area (Å²) >= 11 is 0. The van der Waals surface area contributed by atoms with Crippen molar-refractivity contribution in [1.82, 2.24) is 20.8 Å². The number of H-pyrrole nitrogens is 1. The van der Waals surface area contributed by atoms with Gasteiger partial charge in [0.15, 0.2) is 0 Å². The van der Waals surface area contributed by atoms with Gasteiger partial charge in [-0.1, -0.05) is 0 Å². The molecule has 2 amide bonds. The van der Waals surface area contributed by atoms with Gasteiger partial charge in [0, 0.05) is 18.7 Å². The Morgan fingerprint density at radius 3 is 3.25 bits per heavy atom. The third-order valence-corrected chi connectivity index (χ3v) is 2.46. The summed E-state index contributed by atoms with van der Waals surface area (Å²) in [5, 5.41) is 11.9. The highest BCUT2D eigenvalue weighted by Gasteiger charge is 2.17. The first-order valence-electron chi connectivity index (χ1n) is 5.15. The predicted octanol–water partition coefficient (Wildman–Crippen LogP) is -0.420. The van der Waals surface area contributed by atoms with Gasteiger partial charge in [-0.3, -0.25) is 5.10 Å². The fourth-order valence-corrected chi connectivity index (χ4v) is 1.52. The van der Waals surface area contributed by atoms with Gasteiger partial charge in [-0.15, -0.1) is 0 Å². The largest absolute Gasteiger partial charge is 0.384 e. The van der Waals surface area contributed by atoms with Crippen LogP contribution in [0, 0.1) is 0 Å². The SMILES string of the molecule is Nc1[nH]ncc1CNC(=O)NC1CCOC1. The van der Waals surface area contributed by atoms with Gasteiger partial charge >= 0.3 is 6.03 Å². The molecule has 1 aliphatic heterocycles. The summed E-state index contributed by atoms with van der Waals surface area (Å²) in [4.78, 5) is 11.5. The Hall–Kier alpha value is -1.76. The van der Waals surface area contributed by atoms with Crippen LogP contribution in [0.2, 0.25) is 0 Å². The van der Waals surface area contributed by atoms with Crippen LogP contribution in [-0.4, -0.2) is 35.5 Å². The quantitative estimate of drug-likeness (QED) is 0.560. The van der Waals surface area contributed by atoms with Crippen molar-refractivity contribution in [2.45, 2.75) is 19.0 Å². The molecule has 0 bridgehead atoms. The normalized spacial score (nSPS) is 19.6. The number of hydrogen-bond donors (Lipinski definition) is 4. The average molecular weight is 225 g/mol. The number of nitrogens with one attached hydrogen (secondary N) is 3. The maximum absolute atomic E-state index is 11.5. The van der Waals surface area contributed by atoms with Crippen LogP contribution in [0.5, 0.6) is 0 Å². The van der Waals surface area contributed by atoms with Gasteiger partial charge in [0.25, 0.3) is 0 Å². The van der Waals surface area contributed by atoms with Crippen LogP contribution in [0.1, 0.15) is 12.0 Å². The lowest BCUT2D eigenvalue weighted by atomic mass is 10.3. The molecule has 1 fully saturated rings. The van der Waals surface area contributed by atoms with E-state index in [0.717, 1.165) is 12.0 Å². The van der Waals surface area contributed by atoms with E-state index in [0.29, 0.717) is 25.6 Å². The average Bonchev–Trinajstić information content (AvgIpc) is 2.87. The molecule has 1 aromatic heterocycles. The van der Waals surface area contributed by atoms with Crippen molar-refractivity contribution in [2.75, 3.05) is 18.9 Å². The Kier molecular flexibility index (Phi) is 3.25. The Labute approximate surface area is 92.7 Å². The number of nitrogens with two attached hydrogens (primary N) is 1. The van der Waals surface area contributed by atoms with Crippen LogP contribution in [0.25, 0.3) is 0 Å². The van der Waals surface area contributed by atoms with Crippen LogP contribution in [0.3, 0.4) is 0 Å². The molecule has 0 spiro atoms. The number of aromatic nitrogens is 2. The number of amides is 2. The highest BCUT2D eigenvalue weighted by Crippen LogP contribution is 2.05. The van der Waals surface area contributed by atoms with Crippen LogP contribution < -0.4 is 16.4 Å². The van der Waals surface area contributed by atoms with E-state index in [4.69, 9.17) is 10.5 Å². The van der Waals surface area contributed by atoms with Gasteiger partial charge in [0.1, 0.15) is 5.82 Å². The molecule has 7 heteroatoms. The molecule has 0 aromatic carbocycles. The van der Waals surface area contributed by atoms with Crippen molar-refractivity contribution >= 4 is 11.8 Å². The molecule has 1 aromatic rings. The zero-order chi connectivity index (χ0) is 11.4. The number of nitrogen functional groups attached to an aromatic ring is 1. The Balaban J connectivity index is 1.73. The highest BCUT2D eigenvalue weighted by atomic mass is 16.5. The van der Waals surface area contributed by atoms with Gasteiger partial charge in [0.2, 0.25) is 0 Å². The predicted molar refractivity (Wildman–Crippen MR) is 57.6 cm³/mol. The van der Waals surface area contributed by atoms with Crippen molar-refractivity contribution in [1.29, 1.82) is 0 Å². The summed E-state index contributed by atoms with van der Waals surface area (Å²) in [6.45, 7) is 1.66. The first-order chi connectivity index (χ1) is 7.75. The number of carbonyl (C=O) groups is 1. The van der Waals surface area contributed by atoms with E-state index < -0.39 is 0 Å². The zero-order valence-corrected chi connectivity index (χ0v) is 8.82. The minimum absolute atomic E-state index is 0.113. The van der Waals surface area contributed by atoms with Crippen molar-refractivity contribution in [3.8, 4) is 0 Å². The molecule has 7 nitrogen and oxygen atoms in total. The fourth-order valence-electron chi connectivity index (χ4n) is 1.52. The third kappa shape index (κ3) is 2.63. The third-order valence-electron chi connectivity index (χ3n) is 2.46. The Morgan fingerprint density at radius 2 is 2.62 bits per heavy atom. The summed E-state index contributed by atoms with van der Waals surface area (Å²) in [7, 11) is 0. The lowest BCUT2D eigenvalue weighted by Gasteiger charge is -2.11. The zero-order valence-electron chi connectivity index (χ0n) is 8.82. The van der Waals surface area contributed by atoms with E-state index in [9.17, 15) is 4.79 Å². The van der Waals surface area contributed by atoms with Gasteiger partial charge in [-0.05, 0) is 6.42 Å². The molecule has 1 saturated heterocycles. The number of hydrogen-bond acceptors (Lipinski definition) is 4. The van der Waals surface area contributed by atoms with Crippen LogP contribution in [0.15, 0.2) is 6.20 Å². The molecule has 0 radical (unpaired) electrons. The van der Waals surface area contributed by atoms with E-state index in [1.165, 1.54) is 0 Å². The molecule has 16 heavy (non-hydrogen) atoms. The molecule has 1 atom stereocenters. The van der Waals surface area contributed by atoms with Crippen LogP contribution in [0.4, 0.5) is 10.6 Å².